The lowest BCUT2D eigenvalue weighted by atomic mass is 10.3. The summed E-state index contributed by atoms with van der Waals surface area (Å²) in [7, 11) is 0. The fourth-order valence-corrected chi connectivity index (χ4v) is 2.43. The van der Waals surface area contributed by atoms with E-state index in [1.807, 2.05) is 24.0 Å². The van der Waals surface area contributed by atoms with Gasteiger partial charge >= 0.3 is 0 Å². The maximum atomic E-state index is 12.0. The second kappa shape index (κ2) is 4.87. The van der Waals surface area contributed by atoms with Gasteiger partial charge < -0.3 is 10.2 Å². The van der Waals surface area contributed by atoms with Crippen LogP contribution in [-0.2, 0) is 4.79 Å². The smallest absolute Gasteiger partial charge is 0.241 e. The molecule has 1 saturated heterocycles. The van der Waals surface area contributed by atoms with Gasteiger partial charge in [0.25, 0.3) is 0 Å². The number of nitrogens with one attached hydrogen (secondary N) is 1. The molecular formula is C13H17N5O. The Morgan fingerprint density at radius 3 is 2.95 bits per heavy atom. The summed E-state index contributed by atoms with van der Waals surface area (Å²) in [6.07, 6.45) is 3.75. The van der Waals surface area contributed by atoms with E-state index in [-0.39, 0.29) is 5.91 Å². The normalized spacial score (nSPS) is 15.1. The summed E-state index contributed by atoms with van der Waals surface area (Å²) in [5.74, 6) is 0.951. The van der Waals surface area contributed by atoms with Gasteiger partial charge in [0.05, 0.1) is 6.54 Å². The van der Waals surface area contributed by atoms with Crippen LogP contribution in [0.4, 0.5) is 5.82 Å². The highest BCUT2D eigenvalue weighted by Crippen LogP contribution is 2.13. The molecule has 3 heterocycles. The van der Waals surface area contributed by atoms with E-state index in [9.17, 15) is 4.79 Å². The fourth-order valence-electron chi connectivity index (χ4n) is 2.43. The number of aryl methyl sites for hydroxylation is 1. The lowest BCUT2D eigenvalue weighted by molar-refractivity contribution is -0.128. The SMILES string of the molecule is Cc1cc(NCC(=O)N2CCCC2)n2ncnc2c1. The Labute approximate surface area is 111 Å². The first-order valence-electron chi connectivity index (χ1n) is 6.56. The number of carbonyl (C=O) groups excluding carboxylic acids is 1. The van der Waals surface area contributed by atoms with Gasteiger partial charge in [-0.25, -0.2) is 4.98 Å². The van der Waals surface area contributed by atoms with Gasteiger partial charge in [-0.15, -0.1) is 0 Å². The molecule has 0 spiro atoms. The number of hydrogen-bond donors (Lipinski definition) is 1. The average molecular weight is 259 g/mol. The van der Waals surface area contributed by atoms with Crippen LogP contribution in [0.2, 0.25) is 0 Å². The molecule has 19 heavy (non-hydrogen) atoms. The van der Waals surface area contributed by atoms with E-state index in [0.717, 1.165) is 43.0 Å². The van der Waals surface area contributed by atoms with Crippen molar-refractivity contribution in [1.29, 1.82) is 0 Å². The zero-order chi connectivity index (χ0) is 13.2. The Kier molecular flexibility index (Phi) is 3.06. The first kappa shape index (κ1) is 12.0. The number of carbonyl (C=O) groups is 1. The summed E-state index contributed by atoms with van der Waals surface area (Å²) in [5, 5.41) is 7.31. The predicted molar refractivity (Wildman–Crippen MR) is 72.0 cm³/mol. The van der Waals surface area contributed by atoms with E-state index in [0.29, 0.717) is 6.54 Å². The van der Waals surface area contributed by atoms with Gasteiger partial charge in [-0.05, 0) is 37.5 Å². The van der Waals surface area contributed by atoms with Crippen molar-refractivity contribution >= 4 is 17.4 Å². The quantitative estimate of drug-likeness (QED) is 0.895. The molecule has 0 radical (unpaired) electrons. The van der Waals surface area contributed by atoms with E-state index >= 15 is 0 Å². The van der Waals surface area contributed by atoms with Crippen LogP contribution in [0.5, 0.6) is 0 Å². The summed E-state index contributed by atoms with van der Waals surface area (Å²) in [6, 6.07) is 3.93. The Hall–Kier alpha value is -2.11. The topological polar surface area (TPSA) is 62.5 Å². The lowest BCUT2D eigenvalue weighted by Crippen LogP contribution is -2.33. The molecule has 2 aromatic rings. The monoisotopic (exact) mass is 259 g/mol. The van der Waals surface area contributed by atoms with E-state index in [1.54, 1.807) is 4.52 Å². The highest BCUT2D eigenvalue weighted by Gasteiger charge is 2.17. The molecule has 0 bridgehead atoms. The van der Waals surface area contributed by atoms with Gasteiger partial charge in [-0.1, -0.05) is 0 Å². The van der Waals surface area contributed by atoms with E-state index in [4.69, 9.17) is 0 Å². The van der Waals surface area contributed by atoms with Crippen molar-refractivity contribution in [1.82, 2.24) is 19.5 Å². The second-order valence-electron chi connectivity index (χ2n) is 4.89. The minimum atomic E-state index is 0.146. The minimum Gasteiger partial charge on any atom is -0.361 e. The number of rotatable bonds is 3. The van der Waals surface area contributed by atoms with Crippen molar-refractivity contribution < 1.29 is 4.79 Å². The van der Waals surface area contributed by atoms with Crippen LogP contribution in [-0.4, -0.2) is 45.0 Å². The van der Waals surface area contributed by atoms with Crippen molar-refractivity contribution in [3.63, 3.8) is 0 Å². The van der Waals surface area contributed by atoms with Gasteiger partial charge in [0.15, 0.2) is 5.65 Å². The van der Waals surface area contributed by atoms with Crippen LogP contribution in [0.15, 0.2) is 18.5 Å². The maximum Gasteiger partial charge on any atom is 0.241 e. The molecule has 1 N–H and O–H groups in total. The molecule has 1 amide bonds. The van der Waals surface area contributed by atoms with Crippen molar-refractivity contribution in [2.75, 3.05) is 25.0 Å². The van der Waals surface area contributed by atoms with E-state index < -0.39 is 0 Å². The number of amides is 1. The number of anilines is 1. The van der Waals surface area contributed by atoms with Crippen LogP contribution >= 0.6 is 0 Å². The molecule has 1 aliphatic rings. The molecule has 0 unspecified atom stereocenters. The summed E-state index contributed by atoms with van der Waals surface area (Å²) in [6.45, 7) is 4.07. The van der Waals surface area contributed by atoms with Crippen LogP contribution < -0.4 is 5.32 Å². The van der Waals surface area contributed by atoms with Gasteiger partial charge in [0, 0.05) is 13.1 Å². The molecule has 0 aliphatic carbocycles. The molecular weight excluding hydrogens is 242 g/mol. The molecule has 2 aromatic heterocycles. The number of likely N-dealkylation sites (tertiary alicyclic amines) is 1. The molecule has 0 aromatic carbocycles. The zero-order valence-electron chi connectivity index (χ0n) is 11.0. The van der Waals surface area contributed by atoms with Crippen molar-refractivity contribution in [3.05, 3.63) is 24.0 Å². The second-order valence-corrected chi connectivity index (χ2v) is 4.89. The van der Waals surface area contributed by atoms with Crippen LogP contribution in [0.1, 0.15) is 18.4 Å². The Bertz CT molecular complexity index is 600. The maximum absolute atomic E-state index is 12.0. The number of pyridine rings is 1. The number of hydrogen-bond acceptors (Lipinski definition) is 4. The number of nitrogens with zero attached hydrogens (tertiary/aromatic N) is 4. The van der Waals surface area contributed by atoms with Crippen molar-refractivity contribution in [3.8, 4) is 0 Å². The van der Waals surface area contributed by atoms with Gasteiger partial charge in [0.1, 0.15) is 12.1 Å². The fraction of sp³-hybridized carbons (Fsp3) is 0.462. The first-order chi connectivity index (χ1) is 9.24. The third-order valence-electron chi connectivity index (χ3n) is 3.40. The summed E-state index contributed by atoms with van der Waals surface area (Å²) < 4.78 is 1.71. The van der Waals surface area contributed by atoms with Gasteiger partial charge in [0.2, 0.25) is 5.91 Å². The summed E-state index contributed by atoms with van der Waals surface area (Å²) in [5.41, 5.74) is 1.88. The molecule has 0 saturated carbocycles. The standard InChI is InChI=1S/C13H17N5O/c1-10-6-11(18-12(7-10)15-9-16-18)14-8-13(19)17-4-2-3-5-17/h6-7,9,14H,2-5,8H2,1H3. The molecule has 6 heteroatoms. The van der Waals surface area contributed by atoms with Gasteiger partial charge in [-0.3, -0.25) is 4.79 Å². The third kappa shape index (κ3) is 2.38. The largest absolute Gasteiger partial charge is 0.361 e. The summed E-state index contributed by atoms with van der Waals surface area (Å²) >= 11 is 0. The third-order valence-corrected chi connectivity index (χ3v) is 3.40. The Morgan fingerprint density at radius 1 is 1.37 bits per heavy atom. The molecule has 0 atom stereocenters. The molecule has 6 nitrogen and oxygen atoms in total. The zero-order valence-corrected chi connectivity index (χ0v) is 11.0. The molecule has 1 fully saturated rings. The Morgan fingerprint density at radius 2 is 2.16 bits per heavy atom. The van der Waals surface area contributed by atoms with Crippen molar-refractivity contribution in [2.24, 2.45) is 0 Å². The predicted octanol–water partition coefficient (Wildman–Crippen LogP) is 1.07. The van der Waals surface area contributed by atoms with E-state index in [1.165, 1.54) is 6.33 Å². The van der Waals surface area contributed by atoms with Crippen LogP contribution in [0, 0.1) is 6.92 Å². The number of fused-ring (bicyclic) bond motifs is 1. The van der Waals surface area contributed by atoms with E-state index in [2.05, 4.69) is 15.4 Å². The van der Waals surface area contributed by atoms with Crippen molar-refractivity contribution in [2.45, 2.75) is 19.8 Å². The molecule has 3 rings (SSSR count). The van der Waals surface area contributed by atoms with Crippen LogP contribution in [0.3, 0.4) is 0 Å². The lowest BCUT2D eigenvalue weighted by Gasteiger charge is -2.16. The highest BCUT2D eigenvalue weighted by atomic mass is 16.2. The molecule has 1 aliphatic heterocycles. The minimum absolute atomic E-state index is 0.146. The summed E-state index contributed by atoms with van der Waals surface area (Å²) in [4.78, 5) is 18.1. The highest BCUT2D eigenvalue weighted by molar-refractivity contribution is 5.81. The first-order valence-corrected chi connectivity index (χ1v) is 6.56. The average Bonchev–Trinajstić information content (AvgIpc) is 3.05. The number of aromatic nitrogens is 3. The van der Waals surface area contributed by atoms with Gasteiger partial charge in [-0.2, -0.15) is 9.61 Å². The molecule has 100 valence electrons. The van der Waals surface area contributed by atoms with Crippen LogP contribution in [0.25, 0.3) is 5.65 Å². The Balaban J connectivity index is 1.74.